The molecule has 108 valence electrons. The average Bonchev–Trinajstić information content (AvgIpc) is 2.25. The highest BCUT2D eigenvalue weighted by Gasteiger charge is 2.42. The molecular weight excluding hydrogens is 244 g/mol. The molecule has 0 bridgehead atoms. The van der Waals surface area contributed by atoms with Crippen molar-refractivity contribution in [2.75, 3.05) is 6.61 Å². The molecule has 0 aliphatic heterocycles. The van der Waals surface area contributed by atoms with Crippen molar-refractivity contribution in [2.45, 2.75) is 72.0 Å². The van der Waals surface area contributed by atoms with Crippen LogP contribution in [0.15, 0.2) is 0 Å². The molecule has 2 unspecified atom stereocenters. The third-order valence-electron chi connectivity index (χ3n) is 3.96. The lowest BCUT2D eigenvalue weighted by molar-refractivity contribution is -0.150. The molecule has 0 fully saturated rings. The average molecular weight is 274 g/mol. The first-order valence-corrected chi connectivity index (χ1v) is 7.48. The van der Waals surface area contributed by atoms with Gasteiger partial charge in [-0.2, -0.15) is 12.6 Å². The summed E-state index contributed by atoms with van der Waals surface area (Å²) >= 11 is 4.68. The van der Waals surface area contributed by atoms with Gasteiger partial charge in [-0.15, -0.1) is 0 Å². The van der Waals surface area contributed by atoms with Crippen molar-refractivity contribution in [3.8, 4) is 0 Å². The Morgan fingerprint density at radius 2 is 1.72 bits per heavy atom. The van der Waals surface area contributed by atoms with Gasteiger partial charge in [0.05, 0.1) is 12.5 Å². The third-order valence-corrected chi connectivity index (χ3v) is 5.02. The number of hydrogen-bond acceptors (Lipinski definition) is 3. The molecule has 0 aromatic heterocycles. The Balaban J connectivity index is 4.19. The number of carbonyl (C=O) groups is 1. The number of thiol groups is 1. The highest BCUT2D eigenvalue weighted by atomic mass is 32.1. The summed E-state index contributed by atoms with van der Waals surface area (Å²) in [4.78, 5) is 12.0. The zero-order chi connectivity index (χ0) is 14.4. The van der Waals surface area contributed by atoms with Crippen LogP contribution in [-0.4, -0.2) is 17.3 Å². The molecule has 0 aromatic rings. The van der Waals surface area contributed by atoms with Crippen LogP contribution in [0.25, 0.3) is 0 Å². The number of carbonyl (C=O) groups excluding carboxylic acids is 1. The van der Waals surface area contributed by atoms with Crippen molar-refractivity contribution in [2.24, 2.45) is 11.3 Å². The van der Waals surface area contributed by atoms with E-state index in [0.29, 0.717) is 6.61 Å². The SMILES string of the molecule is CCCCCCOC(=O)C(C)C(C)(S)C(C)(C)C. The van der Waals surface area contributed by atoms with Crippen molar-refractivity contribution >= 4 is 18.6 Å². The van der Waals surface area contributed by atoms with Crippen molar-refractivity contribution in [1.29, 1.82) is 0 Å². The lowest BCUT2D eigenvalue weighted by atomic mass is 9.74. The number of ether oxygens (including phenoxy) is 1. The largest absolute Gasteiger partial charge is 0.465 e. The van der Waals surface area contributed by atoms with Crippen molar-refractivity contribution in [3.63, 3.8) is 0 Å². The maximum absolute atomic E-state index is 12.0. The van der Waals surface area contributed by atoms with Crippen LogP contribution < -0.4 is 0 Å². The highest BCUT2D eigenvalue weighted by Crippen LogP contribution is 2.42. The summed E-state index contributed by atoms with van der Waals surface area (Å²) in [6, 6.07) is 0. The van der Waals surface area contributed by atoms with Crippen LogP contribution in [0, 0.1) is 11.3 Å². The quantitative estimate of drug-likeness (QED) is 0.421. The van der Waals surface area contributed by atoms with Crippen LogP contribution >= 0.6 is 12.6 Å². The van der Waals surface area contributed by atoms with Gasteiger partial charge in [-0.1, -0.05) is 53.9 Å². The highest BCUT2D eigenvalue weighted by molar-refractivity contribution is 7.81. The number of esters is 1. The van der Waals surface area contributed by atoms with E-state index in [1.165, 1.54) is 12.8 Å². The molecule has 0 spiro atoms. The van der Waals surface area contributed by atoms with Crippen molar-refractivity contribution in [1.82, 2.24) is 0 Å². The first-order valence-electron chi connectivity index (χ1n) is 7.03. The second kappa shape index (κ2) is 7.42. The fraction of sp³-hybridized carbons (Fsp3) is 0.933. The zero-order valence-electron chi connectivity index (χ0n) is 12.9. The van der Waals surface area contributed by atoms with E-state index in [9.17, 15) is 4.79 Å². The van der Waals surface area contributed by atoms with Gasteiger partial charge in [0, 0.05) is 4.75 Å². The molecule has 0 aliphatic carbocycles. The molecule has 2 atom stereocenters. The Bertz CT molecular complexity index is 254. The molecule has 18 heavy (non-hydrogen) atoms. The van der Waals surface area contributed by atoms with Crippen molar-refractivity contribution < 1.29 is 9.53 Å². The van der Waals surface area contributed by atoms with Crippen LogP contribution in [0.2, 0.25) is 0 Å². The first kappa shape index (κ1) is 17.8. The predicted molar refractivity (Wildman–Crippen MR) is 81.1 cm³/mol. The van der Waals surface area contributed by atoms with E-state index in [4.69, 9.17) is 4.74 Å². The van der Waals surface area contributed by atoms with Gasteiger partial charge in [0.1, 0.15) is 0 Å². The minimum atomic E-state index is -0.368. The van der Waals surface area contributed by atoms with E-state index in [1.807, 2.05) is 13.8 Å². The number of rotatable bonds is 7. The van der Waals surface area contributed by atoms with E-state index < -0.39 is 0 Å². The number of hydrogen-bond donors (Lipinski definition) is 1. The summed E-state index contributed by atoms with van der Waals surface area (Å²) in [5.41, 5.74) is -0.0449. The topological polar surface area (TPSA) is 26.3 Å². The Morgan fingerprint density at radius 1 is 1.17 bits per heavy atom. The molecule has 0 aliphatic rings. The van der Waals surface area contributed by atoms with E-state index in [1.54, 1.807) is 0 Å². The maximum atomic E-state index is 12.0. The summed E-state index contributed by atoms with van der Waals surface area (Å²) in [5, 5.41) is 0. The zero-order valence-corrected chi connectivity index (χ0v) is 13.8. The van der Waals surface area contributed by atoms with E-state index in [2.05, 4.69) is 40.3 Å². The molecule has 0 amide bonds. The summed E-state index contributed by atoms with van der Waals surface area (Å²) in [6.45, 7) is 12.9. The van der Waals surface area contributed by atoms with Gasteiger partial charge in [0.25, 0.3) is 0 Å². The molecule has 0 N–H and O–H groups in total. The Morgan fingerprint density at radius 3 is 2.17 bits per heavy atom. The fourth-order valence-corrected chi connectivity index (χ4v) is 1.81. The lowest BCUT2D eigenvalue weighted by Crippen LogP contribution is -2.44. The molecule has 0 radical (unpaired) electrons. The fourth-order valence-electron chi connectivity index (χ4n) is 1.71. The van der Waals surface area contributed by atoms with E-state index in [0.717, 1.165) is 12.8 Å². The summed E-state index contributed by atoms with van der Waals surface area (Å²) in [7, 11) is 0. The summed E-state index contributed by atoms with van der Waals surface area (Å²) in [5.74, 6) is -0.328. The van der Waals surface area contributed by atoms with Gasteiger partial charge < -0.3 is 4.74 Å². The third kappa shape index (κ3) is 5.21. The van der Waals surface area contributed by atoms with Crippen molar-refractivity contribution in [3.05, 3.63) is 0 Å². The molecular formula is C15H30O2S. The normalized spacial score (nSPS) is 17.1. The molecule has 3 heteroatoms. The van der Waals surface area contributed by atoms with Crippen LogP contribution in [0.1, 0.15) is 67.2 Å². The van der Waals surface area contributed by atoms with E-state index in [-0.39, 0.29) is 22.0 Å². The molecule has 0 saturated carbocycles. The van der Waals surface area contributed by atoms with Crippen LogP contribution in [0.5, 0.6) is 0 Å². The smallest absolute Gasteiger partial charge is 0.310 e. The Labute approximate surface area is 118 Å². The van der Waals surface area contributed by atoms with Gasteiger partial charge >= 0.3 is 5.97 Å². The molecule has 0 heterocycles. The minimum Gasteiger partial charge on any atom is -0.465 e. The molecule has 0 saturated heterocycles. The summed E-state index contributed by atoms with van der Waals surface area (Å²) in [6.07, 6.45) is 4.50. The van der Waals surface area contributed by atoms with Crippen LogP contribution in [0.3, 0.4) is 0 Å². The lowest BCUT2D eigenvalue weighted by Gasteiger charge is -2.41. The minimum absolute atomic E-state index is 0.0449. The second-order valence-electron chi connectivity index (χ2n) is 6.35. The molecule has 2 nitrogen and oxygen atoms in total. The monoisotopic (exact) mass is 274 g/mol. The van der Waals surface area contributed by atoms with E-state index >= 15 is 0 Å². The summed E-state index contributed by atoms with van der Waals surface area (Å²) < 4.78 is 4.98. The predicted octanol–water partition coefficient (Wildman–Crippen LogP) is 4.48. The molecule has 0 rings (SSSR count). The first-order chi connectivity index (χ1) is 8.14. The van der Waals surface area contributed by atoms with Gasteiger partial charge in [0.2, 0.25) is 0 Å². The van der Waals surface area contributed by atoms with Crippen LogP contribution in [-0.2, 0) is 9.53 Å². The Hall–Kier alpha value is -0.180. The van der Waals surface area contributed by atoms with Gasteiger partial charge in [-0.25, -0.2) is 0 Å². The van der Waals surface area contributed by atoms with Crippen LogP contribution in [0.4, 0.5) is 0 Å². The van der Waals surface area contributed by atoms with Gasteiger partial charge in [0.15, 0.2) is 0 Å². The van der Waals surface area contributed by atoms with Gasteiger partial charge in [-0.3, -0.25) is 4.79 Å². The van der Waals surface area contributed by atoms with Gasteiger partial charge in [-0.05, 0) is 18.8 Å². The Kier molecular flexibility index (Phi) is 7.34. The standard InChI is InChI=1S/C15H30O2S/c1-7-8-9-10-11-17-13(16)12(2)15(6,18)14(3,4)5/h12,18H,7-11H2,1-6H3. The number of unbranched alkanes of at least 4 members (excludes halogenated alkanes) is 3. The second-order valence-corrected chi connectivity index (χ2v) is 7.28. The molecule has 0 aromatic carbocycles. The maximum Gasteiger partial charge on any atom is 0.310 e.